The van der Waals surface area contributed by atoms with Crippen LogP contribution in [0.15, 0.2) is 0 Å². The van der Waals surface area contributed by atoms with Crippen LogP contribution < -0.4 is 5.43 Å². The van der Waals surface area contributed by atoms with E-state index in [0.717, 1.165) is 19.4 Å². The molecule has 0 radical (unpaired) electrons. The normalized spacial score (nSPS) is 10.7. The van der Waals surface area contributed by atoms with Crippen molar-refractivity contribution < 1.29 is 9.90 Å². The molecular weight excluding hydrogens is 324 g/mol. The van der Waals surface area contributed by atoms with Crippen LogP contribution in [0.4, 0.5) is 0 Å². The van der Waals surface area contributed by atoms with Crippen LogP contribution in [0, 0.1) is 0 Å². The van der Waals surface area contributed by atoms with E-state index in [2.05, 4.69) is 19.3 Å². The predicted octanol–water partition coefficient (Wildman–Crippen LogP) is 6.41. The summed E-state index contributed by atoms with van der Waals surface area (Å²) >= 11 is 0. The van der Waals surface area contributed by atoms with Crippen LogP contribution in [0.2, 0.25) is 0 Å². The van der Waals surface area contributed by atoms with Crippen LogP contribution in [-0.2, 0) is 4.79 Å². The highest BCUT2D eigenvalue weighted by Gasteiger charge is 1.97. The third kappa shape index (κ3) is 31.2. The molecule has 0 heterocycles. The van der Waals surface area contributed by atoms with Gasteiger partial charge < -0.3 is 5.11 Å². The number of hydrazine groups is 1. The van der Waals surface area contributed by atoms with Gasteiger partial charge in [-0.3, -0.25) is 15.2 Å². The van der Waals surface area contributed by atoms with Gasteiger partial charge in [-0.05, 0) is 6.42 Å². The van der Waals surface area contributed by atoms with Crippen LogP contribution >= 0.6 is 0 Å². The third-order valence-electron chi connectivity index (χ3n) is 4.47. The molecule has 0 bridgehead atoms. The topological polar surface area (TPSA) is 52.6 Å². The van der Waals surface area contributed by atoms with Gasteiger partial charge in [-0.2, -0.15) is 0 Å². The second kappa shape index (κ2) is 24.4. The van der Waals surface area contributed by atoms with Crippen molar-refractivity contribution in [2.45, 2.75) is 117 Å². The molecule has 4 heteroatoms. The Morgan fingerprint density at radius 1 is 0.692 bits per heavy atom. The summed E-state index contributed by atoms with van der Waals surface area (Å²) in [6.45, 7) is 5.35. The summed E-state index contributed by atoms with van der Waals surface area (Å²) in [6, 6.07) is 0. The van der Waals surface area contributed by atoms with Crippen molar-refractivity contribution in [2.24, 2.45) is 0 Å². The summed E-state index contributed by atoms with van der Waals surface area (Å²) in [5.41, 5.74) is 3.04. The van der Waals surface area contributed by atoms with E-state index in [4.69, 9.17) is 5.11 Å². The quantitative estimate of drug-likeness (QED) is 0.216. The molecular formula is C22H48N2O2. The lowest BCUT2D eigenvalue weighted by Crippen LogP contribution is -2.29. The van der Waals surface area contributed by atoms with Crippen molar-refractivity contribution in [3.05, 3.63) is 0 Å². The fourth-order valence-corrected chi connectivity index (χ4v) is 2.96. The molecule has 0 aromatic heterocycles. The molecule has 4 nitrogen and oxygen atoms in total. The molecule has 0 aromatic carbocycles. The summed E-state index contributed by atoms with van der Waals surface area (Å²) in [4.78, 5) is 10.3. The second-order valence-corrected chi connectivity index (χ2v) is 7.50. The van der Waals surface area contributed by atoms with Crippen LogP contribution in [0.3, 0.4) is 0 Å². The molecule has 0 fully saturated rings. The van der Waals surface area contributed by atoms with Gasteiger partial charge in [-0.1, -0.05) is 104 Å². The monoisotopic (exact) mass is 372 g/mol. The predicted molar refractivity (Wildman–Crippen MR) is 115 cm³/mol. The van der Waals surface area contributed by atoms with E-state index in [1.807, 2.05) is 19.1 Å². The van der Waals surface area contributed by atoms with E-state index in [0.29, 0.717) is 6.42 Å². The first-order chi connectivity index (χ1) is 12.5. The Kier molecular flexibility index (Phi) is 25.9. The van der Waals surface area contributed by atoms with Crippen molar-refractivity contribution in [3.63, 3.8) is 0 Å². The van der Waals surface area contributed by atoms with Gasteiger partial charge in [0.2, 0.25) is 0 Å². The van der Waals surface area contributed by atoms with Crippen LogP contribution in [0.5, 0.6) is 0 Å². The first-order valence-corrected chi connectivity index (χ1v) is 11.2. The summed E-state index contributed by atoms with van der Waals surface area (Å²) in [5, 5.41) is 10.4. The molecule has 0 aromatic rings. The minimum absolute atomic E-state index is 0.345. The lowest BCUT2D eigenvalue weighted by atomic mass is 10.0. The van der Waals surface area contributed by atoms with Crippen molar-refractivity contribution in [1.29, 1.82) is 0 Å². The van der Waals surface area contributed by atoms with E-state index in [-0.39, 0.29) is 0 Å². The highest BCUT2D eigenvalue weighted by Crippen LogP contribution is 2.13. The number of rotatable bonds is 18. The number of nitrogens with zero attached hydrogens (tertiary/aromatic N) is 1. The first-order valence-electron chi connectivity index (χ1n) is 11.2. The van der Waals surface area contributed by atoms with Gasteiger partial charge in [-0.15, -0.1) is 0 Å². The third-order valence-corrected chi connectivity index (χ3v) is 4.47. The Hall–Kier alpha value is -0.610. The van der Waals surface area contributed by atoms with Gasteiger partial charge in [0, 0.05) is 27.1 Å². The Labute approximate surface area is 164 Å². The highest BCUT2D eigenvalue weighted by molar-refractivity contribution is 5.66. The Balaban J connectivity index is 0. The highest BCUT2D eigenvalue weighted by atomic mass is 16.4. The Morgan fingerprint density at radius 2 is 1.04 bits per heavy atom. The maximum atomic E-state index is 10.3. The largest absolute Gasteiger partial charge is 0.481 e. The molecule has 0 unspecified atom stereocenters. The SMILES string of the molecule is CCCCCCCCCCCCCCCCCC(=O)O.CCNN(C)C. The summed E-state index contributed by atoms with van der Waals surface area (Å²) < 4.78 is 0. The maximum absolute atomic E-state index is 10.3. The van der Waals surface area contributed by atoms with Crippen LogP contribution in [0.1, 0.15) is 117 Å². The number of hydrogen-bond donors (Lipinski definition) is 2. The Bertz CT molecular complexity index is 271. The van der Waals surface area contributed by atoms with Crippen molar-refractivity contribution in [1.82, 2.24) is 10.4 Å². The fourth-order valence-electron chi connectivity index (χ4n) is 2.96. The average Bonchev–Trinajstić information content (AvgIpc) is 2.58. The molecule has 0 aliphatic carbocycles. The van der Waals surface area contributed by atoms with E-state index in [9.17, 15) is 4.79 Å². The lowest BCUT2D eigenvalue weighted by molar-refractivity contribution is -0.137. The number of hydrogen-bond acceptors (Lipinski definition) is 3. The summed E-state index contributed by atoms with van der Waals surface area (Å²) in [7, 11) is 3.95. The van der Waals surface area contributed by atoms with Gasteiger partial charge in [0.15, 0.2) is 0 Å². The fraction of sp³-hybridized carbons (Fsp3) is 0.955. The molecule has 0 aliphatic rings. The van der Waals surface area contributed by atoms with Gasteiger partial charge in [-0.25, -0.2) is 0 Å². The molecule has 26 heavy (non-hydrogen) atoms. The van der Waals surface area contributed by atoms with Crippen molar-refractivity contribution in [2.75, 3.05) is 20.6 Å². The zero-order valence-electron chi connectivity index (χ0n) is 18.3. The minimum atomic E-state index is -0.653. The molecule has 158 valence electrons. The minimum Gasteiger partial charge on any atom is -0.481 e. The molecule has 0 amide bonds. The zero-order chi connectivity index (χ0) is 19.9. The average molecular weight is 373 g/mol. The lowest BCUT2D eigenvalue weighted by Gasteiger charge is -2.07. The van der Waals surface area contributed by atoms with Gasteiger partial charge in [0.05, 0.1) is 0 Å². The number of carbonyl (C=O) groups is 1. The maximum Gasteiger partial charge on any atom is 0.303 e. The van der Waals surface area contributed by atoms with Crippen LogP contribution in [-0.4, -0.2) is 36.7 Å². The number of carboxylic acid groups (broad SMARTS) is 1. The van der Waals surface area contributed by atoms with E-state index in [1.165, 1.54) is 83.5 Å². The molecule has 0 spiro atoms. The molecule has 0 saturated heterocycles. The standard InChI is InChI=1S/C18H36O2.C4H12N2/c1-2-3-4-5-6-7-8-9-10-11-12-13-14-15-16-17-18(19)20;1-4-5-6(2)3/h2-17H2,1H3,(H,19,20);5H,4H2,1-3H3. The Morgan fingerprint density at radius 3 is 1.27 bits per heavy atom. The molecule has 0 saturated carbocycles. The van der Waals surface area contributed by atoms with E-state index in [1.54, 1.807) is 0 Å². The van der Waals surface area contributed by atoms with Gasteiger partial charge in [0.1, 0.15) is 0 Å². The molecule has 0 aliphatic heterocycles. The van der Waals surface area contributed by atoms with Gasteiger partial charge >= 0.3 is 5.97 Å². The number of aliphatic carboxylic acids is 1. The summed E-state index contributed by atoms with van der Waals surface area (Å²) in [6.07, 6.45) is 20.2. The molecule has 0 atom stereocenters. The number of nitrogens with one attached hydrogen (secondary N) is 1. The van der Waals surface area contributed by atoms with E-state index >= 15 is 0 Å². The second-order valence-electron chi connectivity index (χ2n) is 7.50. The molecule has 2 N–H and O–H groups in total. The van der Waals surface area contributed by atoms with Crippen molar-refractivity contribution >= 4 is 5.97 Å². The number of carboxylic acids is 1. The number of unbranched alkanes of at least 4 members (excludes halogenated alkanes) is 14. The first kappa shape index (κ1) is 27.6. The smallest absolute Gasteiger partial charge is 0.303 e. The van der Waals surface area contributed by atoms with E-state index < -0.39 is 5.97 Å². The van der Waals surface area contributed by atoms with Gasteiger partial charge in [0.25, 0.3) is 0 Å². The van der Waals surface area contributed by atoms with Crippen molar-refractivity contribution in [3.8, 4) is 0 Å². The molecule has 0 rings (SSSR count). The zero-order valence-corrected chi connectivity index (χ0v) is 18.3. The van der Waals surface area contributed by atoms with Crippen LogP contribution in [0.25, 0.3) is 0 Å². The summed E-state index contributed by atoms with van der Waals surface area (Å²) in [5.74, 6) is -0.653.